The largest absolute Gasteiger partial charge is 0.298 e. The van der Waals surface area contributed by atoms with E-state index in [0.717, 1.165) is 21.9 Å². The highest BCUT2D eigenvalue weighted by Gasteiger charge is 2.12. The fourth-order valence-corrected chi connectivity index (χ4v) is 3.95. The summed E-state index contributed by atoms with van der Waals surface area (Å²) in [6, 6.07) is 14.0. The van der Waals surface area contributed by atoms with Gasteiger partial charge in [-0.25, -0.2) is 4.98 Å². The number of anilines is 1. The summed E-state index contributed by atoms with van der Waals surface area (Å²) >= 11 is 3.17. The van der Waals surface area contributed by atoms with Crippen molar-refractivity contribution in [3.63, 3.8) is 0 Å². The molecule has 1 N–H and O–H groups in total. The predicted octanol–water partition coefficient (Wildman–Crippen LogP) is 5.79. The van der Waals surface area contributed by atoms with Crippen molar-refractivity contribution in [2.75, 3.05) is 11.1 Å². The molecular formula is C20H20N2OS2. The molecule has 0 saturated heterocycles. The Kier molecular flexibility index (Phi) is 5.56. The number of nitrogens with one attached hydrogen (secondary N) is 1. The van der Waals surface area contributed by atoms with Gasteiger partial charge in [-0.1, -0.05) is 30.7 Å². The number of hydrogen-bond donors (Lipinski definition) is 1. The number of benzene rings is 2. The second-order valence-electron chi connectivity index (χ2n) is 5.77. The van der Waals surface area contributed by atoms with Crippen molar-refractivity contribution in [1.29, 1.82) is 0 Å². The number of carbonyl (C=O) groups is 1. The van der Waals surface area contributed by atoms with E-state index in [1.165, 1.54) is 22.5 Å². The fraction of sp³-hybridized carbons (Fsp3) is 0.200. The Labute approximate surface area is 156 Å². The lowest BCUT2D eigenvalue weighted by Crippen LogP contribution is -2.11. The molecule has 25 heavy (non-hydrogen) atoms. The molecule has 0 unspecified atom stereocenters. The van der Waals surface area contributed by atoms with Gasteiger partial charge in [0.25, 0.3) is 5.91 Å². The number of rotatable bonds is 5. The molecule has 0 bridgehead atoms. The van der Waals surface area contributed by atoms with Crippen molar-refractivity contribution >= 4 is 34.1 Å². The first-order valence-electron chi connectivity index (χ1n) is 8.14. The Balaban J connectivity index is 1.78. The van der Waals surface area contributed by atoms with E-state index >= 15 is 0 Å². The highest BCUT2D eigenvalue weighted by Crippen LogP contribution is 2.28. The summed E-state index contributed by atoms with van der Waals surface area (Å²) < 4.78 is 0. The third-order valence-electron chi connectivity index (χ3n) is 3.80. The minimum Gasteiger partial charge on any atom is -0.298 e. The summed E-state index contributed by atoms with van der Waals surface area (Å²) in [4.78, 5) is 18.2. The van der Waals surface area contributed by atoms with Gasteiger partial charge in [-0.2, -0.15) is 0 Å². The quantitative estimate of drug-likeness (QED) is 0.579. The highest BCUT2D eigenvalue weighted by molar-refractivity contribution is 7.99. The molecule has 3 rings (SSSR count). The van der Waals surface area contributed by atoms with Gasteiger partial charge in [0.1, 0.15) is 0 Å². The number of aromatic nitrogens is 1. The van der Waals surface area contributed by atoms with E-state index in [1.54, 1.807) is 11.8 Å². The summed E-state index contributed by atoms with van der Waals surface area (Å²) in [5.41, 5.74) is 5.04. The van der Waals surface area contributed by atoms with Crippen molar-refractivity contribution in [2.24, 2.45) is 0 Å². The van der Waals surface area contributed by atoms with Gasteiger partial charge in [0.2, 0.25) is 0 Å². The first kappa shape index (κ1) is 17.7. The van der Waals surface area contributed by atoms with Crippen LogP contribution in [0, 0.1) is 13.8 Å². The highest BCUT2D eigenvalue weighted by atomic mass is 32.2. The molecule has 0 atom stereocenters. The number of nitrogens with zero attached hydrogens (tertiary/aromatic N) is 1. The molecule has 2 aromatic carbocycles. The van der Waals surface area contributed by atoms with E-state index in [0.29, 0.717) is 10.7 Å². The van der Waals surface area contributed by atoms with Gasteiger partial charge in [0.05, 0.1) is 5.69 Å². The number of aryl methyl sites for hydroxylation is 2. The van der Waals surface area contributed by atoms with Crippen LogP contribution in [0.15, 0.2) is 52.7 Å². The van der Waals surface area contributed by atoms with Gasteiger partial charge in [0, 0.05) is 21.4 Å². The predicted molar refractivity (Wildman–Crippen MR) is 108 cm³/mol. The number of thioether (sulfide) groups is 1. The van der Waals surface area contributed by atoms with Crippen LogP contribution in [0.5, 0.6) is 0 Å². The van der Waals surface area contributed by atoms with E-state index in [9.17, 15) is 4.79 Å². The number of amides is 1. The Morgan fingerprint density at radius 2 is 2.04 bits per heavy atom. The monoisotopic (exact) mass is 368 g/mol. The van der Waals surface area contributed by atoms with Gasteiger partial charge in [-0.05, 0) is 49.4 Å². The standard InChI is InChI=1S/C20H20N2OS2/c1-4-24-16-7-5-6-15(11-16)19(23)22-20-21-18(12-25-20)17-10-13(2)8-9-14(17)3/h5-12H,4H2,1-3H3,(H,21,22,23). The molecular weight excluding hydrogens is 348 g/mol. The molecule has 1 aromatic heterocycles. The smallest absolute Gasteiger partial charge is 0.257 e. The summed E-state index contributed by atoms with van der Waals surface area (Å²) in [5.74, 6) is 0.858. The zero-order valence-corrected chi connectivity index (χ0v) is 16.1. The maximum Gasteiger partial charge on any atom is 0.257 e. The maximum absolute atomic E-state index is 12.5. The average molecular weight is 369 g/mol. The minimum absolute atomic E-state index is 0.125. The van der Waals surface area contributed by atoms with E-state index in [4.69, 9.17) is 0 Å². The number of thiazole rings is 1. The van der Waals surface area contributed by atoms with Crippen LogP contribution in [0.25, 0.3) is 11.3 Å². The Hall–Kier alpha value is -2.11. The van der Waals surface area contributed by atoms with Crippen LogP contribution in [0.3, 0.4) is 0 Å². The molecule has 3 aromatic rings. The molecule has 128 valence electrons. The lowest BCUT2D eigenvalue weighted by atomic mass is 10.0. The van der Waals surface area contributed by atoms with Crippen molar-refractivity contribution < 1.29 is 4.79 Å². The molecule has 0 fully saturated rings. The third-order valence-corrected chi connectivity index (χ3v) is 5.43. The molecule has 3 nitrogen and oxygen atoms in total. The normalized spacial score (nSPS) is 10.7. The molecule has 0 aliphatic rings. The second kappa shape index (κ2) is 7.85. The van der Waals surface area contributed by atoms with Crippen molar-refractivity contribution in [2.45, 2.75) is 25.7 Å². The zero-order valence-electron chi connectivity index (χ0n) is 14.5. The number of carbonyl (C=O) groups excluding carboxylic acids is 1. The van der Waals surface area contributed by atoms with Crippen LogP contribution in [0.2, 0.25) is 0 Å². The van der Waals surface area contributed by atoms with Crippen LogP contribution in [0.1, 0.15) is 28.4 Å². The Bertz CT molecular complexity index is 902. The molecule has 5 heteroatoms. The van der Waals surface area contributed by atoms with E-state index in [2.05, 4.69) is 49.3 Å². The summed E-state index contributed by atoms with van der Waals surface area (Å²) in [6.45, 7) is 6.24. The lowest BCUT2D eigenvalue weighted by molar-refractivity contribution is 0.102. The Morgan fingerprint density at radius 1 is 1.20 bits per heavy atom. The van der Waals surface area contributed by atoms with Gasteiger partial charge in [0.15, 0.2) is 5.13 Å². The fourth-order valence-electron chi connectivity index (χ4n) is 2.53. The van der Waals surface area contributed by atoms with Crippen LogP contribution in [0.4, 0.5) is 5.13 Å². The van der Waals surface area contributed by atoms with E-state index in [-0.39, 0.29) is 5.91 Å². The van der Waals surface area contributed by atoms with E-state index in [1.807, 2.05) is 29.6 Å². The van der Waals surface area contributed by atoms with Gasteiger partial charge in [-0.3, -0.25) is 10.1 Å². The molecule has 0 spiro atoms. The van der Waals surface area contributed by atoms with Gasteiger partial charge >= 0.3 is 0 Å². The van der Waals surface area contributed by atoms with Gasteiger partial charge in [-0.15, -0.1) is 23.1 Å². The van der Waals surface area contributed by atoms with Crippen molar-refractivity contribution in [1.82, 2.24) is 4.98 Å². The first-order valence-corrected chi connectivity index (χ1v) is 10.0. The minimum atomic E-state index is -0.125. The average Bonchev–Trinajstić information content (AvgIpc) is 3.06. The lowest BCUT2D eigenvalue weighted by Gasteiger charge is -2.05. The van der Waals surface area contributed by atoms with Crippen LogP contribution in [-0.4, -0.2) is 16.6 Å². The Morgan fingerprint density at radius 3 is 2.84 bits per heavy atom. The molecule has 1 amide bonds. The van der Waals surface area contributed by atoms with E-state index < -0.39 is 0 Å². The summed E-state index contributed by atoms with van der Waals surface area (Å²) in [7, 11) is 0. The third kappa shape index (κ3) is 4.30. The topological polar surface area (TPSA) is 42.0 Å². The van der Waals surface area contributed by atoms with Crippen molar-refractivity contribution in [3.8, 4) is 11.3 Å². The molecule has 1 heterocycles. The van der Waals surface area contributed by atoms with Crippen LogP contribution < -0.4 is 5.32 Å². The van der Waals surface area contributed by atoms with Crippen LogP contribution >= 0.6 is 23.1 Å². The summed E-state index contributed by atoms with van der Waals surface area (Å²) in [6.07, 6.45) is 0. The molecule has 0 radical (unpaired) electrons. The molecule has 0 aliphatic heterocycles. The maximum atomic E-state index is 12.5. The SMILES string of the molecule is CCSc1cccc(C(=O)Nc2nc(-c3cc(C)ccc3C)cs2)c1. The molecule has 0 aliphatic carbocycles. The number of hydrogen-bond acceptors (Lipinski definition) is 4. The van der Waals surface area contributed by atoms with Gasteiger partial charge < -0.3 is 0 Å². The van der Waals surface area contributed by atoms with Crippen molar-refractivity contribution in [3.05, 3.63) is 64.5 Å². The molecule has 0 saturated carbocycles. The first-order chi connectivity index (χ1) is 12.1. The zero-order chi connectivity index (χ0) is 17.8. The summed E-state index contributed by atoms with van der Waals surface area (Å²) in [5, 5.41) is 5.52. The van der Waals surface area contributed by atoms with Crippen LogP contribution in [-0.2, 0) is 0 Å². The second-order valence-corrected chi connectivity index (χ2v) is 7.97.